The van der Waals surface area contributed by atoms with Crippen molar-refractivity contribution in [3.63, 3.8) is 0 Å². The molecule has 2 aromatic rings. The van der Waals surface area contributed by atoms with Gasteiger partial charge in [0.05, 0.1) is 5.56 Å². The summed E-state index contributed by atoms with van der Waals surface area (Å²) in [5.74, 6) is 2.42. The summed E-state index contributed by atoms with van der Waals surface area (Å²) in [6.07, 6.45) is 0.464. The van der Waals surface area contributed by atoms with Crippen LogP contribution in [0.15, 0.2) is 47.5 Å². The molecule has 0 aromatic heterocycles. The van der Waals surface area contributed by atoms with Crippen molar-refractivity contribution in [3.05, 3.63) is 48.0 Å². The van der Waals surface area contributed by atoms with Gasteiger partial charge in [0.2, 0.25) is 5.91 Å². The molecule has 2 aliphatic heterocycles. The molecule has 6 heteroatoms. The number of hydrogen-bond acceptors (Lipinski definition) is 5. The van der Waals surface area contributed by atoms with E-state index in [0.29, 0.717) is 6.42 Å². The Kier molecular flexibility index (Phi) is 6.01. The minimum Gasteiger partial charge on any atom is -0.454 e. The molecule has 2 aromatic carbocycles. The van der Waals surface area contributed by atoms with Crippen LogP contribution in [0.3, 0.4) is 0 Å². The number of benzene rings is 2. The van der Waals surface area contributed by atoms with Gasteiger partial charge in [0.15, 0.2) is 5.75 Å². The number of anilines is 1. The number of ether oxygens (including phenoxy) is 1. The van der Waals surface area contributed by atoms with E-state index < -0.39 is 0 Å². The quantitative estimate of drug-likeness (QED) is 0.769. The first-order chi connectivity index (χ1) is 14.8. The molecule has 2 aliphatic rings. The molecule has 0 bridgehead atoms. The van der Waals surface area contributed by atoms with Crippen LogP contribution in [0, 0.1) is 5.41 Å². The lowest BCUT2D eigenvalue weighted by Gasteiger charge is -2.36. The molecule has 31 heavy (non-hydrogen) atoms. The van der Waals surface area contributed by atoms with Crippen LogP contribution >= 0.6 is 0 Å². The van der Waals surface area contributed by atoms with Crippen molar-refractivity contribution in [3.8, 4) is 11.5 Å². The topological polar surface area (TPSA) is 57.2 Å². The Morgan fingerprint density at radius 1 is 1.06 bits per heavy atom. The Bertz CT molecular complexity index is 985. The smallest absolute Gasteiger partial charge is 0.224 e. The van der Waals surface area contributed by atoms with Crippen LogP contribution in [-0.4, -0.2) is 54.3 Å². The van der Waals surface area contributed by atoms with E-state index in [9.17, 15) is 4.79 Å². The highest BCUT2D eigenvalue weighted by Crippen LogP contribution is 2.39. The first kappa shape index (κ1) is 21.4. The number of para-hydroxylation sites is 2. The number of fused-ring (bicyclic) bond motifs is 2. The lowest BCUT2D eigenvalue weighted by atomic mass is 9.92. The summed E-state index contributed by atoms with van der Waals surface area (Å²) < 4.78 is 6.24. The summed E-state index contributed by atoms with van der Waals surface area (Å²) in [7, 11) is 0. The average Bonchev–Trinajstić information content (AvgIpc) is 2.89. The summed E-state index contributed by atoms with van der Waals surface area (Å²) >= 11 is 0. The van der Waals surface area contributed by atoms with E-state index in [1.165, 1.54) is 0 Å². The zero-order chi connectivity index (χ0) is 22.0. The highest BCUT2D eigenvalue weighted by Gasteiger charge is 2.26. The monoisotopic (exact) mass is 420 g/mol. The highest BCUT2D eigenvalue weighted by molar-refractivity contribution is 6.05. The van der Waals surface area contributed by atoms with Crippen LogP contribution in [0.25, 0.3) is 0 Å². The molecule has 0 unspecified atom stereocenters. The summed E-state index contributed by atoms with van der Waals surface area (Å²) in [5, 5.41) is 3.05. The Morgan fingerprint density at radius 3 is 2.52 bits per heavy atom. The maximum absolute atomic E-state index is 12.5. The van der Waals surface area contributed by atoms with Gasteiger partial charge < -0.3 is 19.9 Å². The normalized spacial score (nSPS) is 16.5. The molecule has 1 N–H and O–H groups in total. The largest absolute Gasteiger partial charge is 0.454 e. The second-order valence-corrected chi connectivity index (χ2v) is 9.42. The zero-order valence-corrected chi connectivity index (χ0v) is 18.9. The third kappa shape index (κ3) is 5.07. The predicted octanol–water partition coefficient (Wildman–Crippen LogP) is 4.88. The van der Waals surface area contributed by atoms with Gasteiger partial charge in [-0.15, -0.1) is 0 Å². The number of aliphatic imine (C=N–C) groups is 1. The van der Waals surface area contributed by atoms with E-state index in [2.05, 4.69) is 42.8 Å². The fraction of sp³-hybridized carbons (Fsp3) is 0.440. The predicted molar refractivity (Wildman–Crippen MR) is 126 cm³/mol. The Hall–Kier alpha value is -2.86. The Morgan fingerprint density at radius 2 is 1.81 bits per heavy atom. The zero-order valence-electron chi connectivity index (χ0n) is 18.9. The van der Waals surface area contributed by atoms with E-state index in [1.54, 1.807) is 0 Å². The number of rotatable bonds is 3. The molecule has 0 atom stereocenters. The number of hydrogen-bond donors (Lipinski definition) is 1. The molecular formula is C25H32N4O2. The van der Waals surface area contributed by atoms with Gasteiger partial charge in [0.25, 0.3) is 0 Å². The van der Waals surface area contributed by atoms with Crippen LogP contribution in [0.1, 0.15) is 39.7 Å². The van der Waals surface area contributed by atoms with Crippen LogP contribution in [0.5, 0.6) is 11.5 Å². The number of amidine groups is 1. The maximum Gasteiger partial charge on any atom is 0.224 e. The molecule has 0 radical (unpaired) electrons. The lowest BCUT2D eigenvalue weighted by Crippen LogP contribution is -2.48. The maximum atomic E-state index is 12.5. The molecule has 0 saturated carbocycles. The van der Waals surface area contributed by atoms with Crippen LogP contribution in [-0.2, 0) is 4.79 Å². The molecule has 1 amide bonds. The molecule has 2 heterocycles. The Balaban J connectivity index is 1.68. The van der Waals surface area contributed by atoms with Crippen molar-refractivity contribution < 1.29 is 9.53 Å². The molecule has 0 aliphatic carbocycles. The third-order valence-electron chi connectivity index (χ3n) is 5.63. The third-order valence-corrected chi connectivity index (χ3v) is 5.63. The first-order valence-electron chi connectivity index (χ1n) is 11.1. The first-order valence-corrected chi connectivity index (χ1v) is 11.1. The van der Waals surface area contributed by atoms with E-state index in [0.717, 1.165) is 67.0 Å². The molecule has 6 nitrogen and oxygen atoms in total. The van der Waals surface area contributed by atoms with Gasteiger partial charge in [0, 0.05) is 38.3 Å². The minimum atomic E-state index is -0.0634. The SMILES string of the molecule is CCN1CCN(C2=Nc3ccccc3Oc3ccc(NC(=O)CC(C)(C)C)cc32)CC1. The second kappa shape index (κ2) is 8.71. The van der Waals surface area contributed by atoms with Gasteiger partial charge in [-0.1, -0.05) is 39.8 Å². The van der Waals surface area contributed by atoms with Crippen molar-refractivity contribution in [1.82, 2.24) is 9.80 Å². The van der Waals surface area contributed by atoms with Crippen molar-refractivity contribution in [2.24, 2.45) is 10.4 Å². The number of nitrogens with one attached hydrogen (secondary N) is 1. The number of carbonyl (C=O) groups is 1. The summed E-state index contributed by atoms with van der Waals surface area (Å²) in [6.45, 7) is 13.3. The number of carbonyl (C=O) groups excluding carboxylic acids is 1. The van der Waals surface area contributed by atoms with E-state index >= 15 is 0 Å². The number of nitrogens with zero attached hydrogens (tertiary/aromatic N) is 3. The lowest BCUT2D eigenvalue weighted by molar-refractivity contribution is -0.117. The van der Waals surface area contributed by atoms with Gasteiger partial charge in [-0.3, -0.25) is 4.79 Å². The molecule has 1 saturated heterocycles. The van der Waals surface area contributed by atoms with Crippen LogP contribution in [0.2, 0.25) is 0 Å². The summed E-state index contributed by atoms with van der Waals surface area (Å²) in [6, 6.07) is 13.7. The molecule has 164 valence electrons. The standard InChI is InChI=1S/C25H32N4O2/c1-5-28-12-14-29(15-13-28)24-19-16-18(26-23(30)17-25(2,3)4)10-11-21(19)31-22-9-7-6-8-20(22)27-24/h6-11,16H,5,12-15,17H2,1-4H3,(H,26,30). The number of piperazine rings is 1. The van der Waals surface area contributed by atoms with Gasteiger partial charge in [-0.05, 0) is 42.3 Å². The van der Waals surface area contributed by atoms with Gasteiger partial charge in [-0.25, -0.2) is 4.99 Å². The number of amides is 1. The van der Waals surface area contributed by atoms with Crippen molar-refractivity contribution in [2.75, 3.05) is 38.0 Å². The van der Waals surface area contributed by atoms with Crippen molar-refractivity contribution in [2.45, 2.75) is 34.1 Å². The van der Waals surface area contributed by atoms with Crippen LogP contribution in [0.4, 0.5) is 11.4 Å². The second-order valence-electron chi connectivity index (χ2n) is 9.42. The number of likely N-dealkylation sites (N-methyl/N-ethyl adjacent to an activating group) is 1. The van der Waals surface area contributed by atoms with E-state index in [-0.39, 0.29) is 11.3 Å². The van der Waals surface area contributed by atoms with Gasteiger partial charge in [0.1, 0.15) is 17.3 Å². The van der Waals surface area contributed by atoms with Crippen molar-refractivity contribution >= 4 is 23.1 Å². The van der Waals surface area contributed by atoms with Gasteiger partial charge in [-0.2, -0.15) is 0 Å². The fourth-order valence-corrected chi connectivity index (χ4v) is 4.00. The molecular weight excluding hydrogens is 388 g/mol. The molecule has 0 spiro atoms. The van der Waals surface area contributed by atoms with E-state index in [4.69, 9.17) is 9.73 Å². The highest BCUT2D eigenvalue weighted by atomic mass is 16.5. The Labute approximate surface area is 184 Å². The molecule has 1 fully saturated rings. The molecule has 4 rings (SSSR count). The van der Waals surface area contributed by atoms with E-state index in [1.807, 2.05) is 42.5 Å². The minimum absolute atomic E-state index is 0.0142. The fourth-order valence-electron chi connectivity index (χ4n) is 4.00. The van der Waals surface area contributed by atoms with Crippen molar-refractivity contribution in [1.29, 1.82) is 0 Å². The summed E-state index contributed by atoms with van der Waals surface area (Å²) in [5.41, 5.74) is 2.44. The average molecular weight is 421 g/mol. The van der Waals surface area contributed by atoms with Gasteiger partial charge >= 0.3 is 0 Å². The van der Waals surface area contributed by atoms with Crippen LogP contribution < -0.4 is 10.1 Å². The summed E-state index contributed by atoms with van der Waals surface area (Å²) in [4.78, 5) is 22.3.